The molecule has 1 N–H and O–H groups in total. The quantitative estimate of drug-likeness (QED) is 0.580. The summed E-state index contributed by atoms with van der Waals surface area (Å²) in [4.78, 5) is 4.45. The third-order valence-electron chi connectivity index (χ3n) is 2.76. The van der Waals surface area contributed by atoms with Gasteiger partial charge < -0.3 is 14.8 Å². The molecule has 0 radical (unpaired) electrons. The van der Waals surface area contributed by atoms with Gasteiger partial charge in [-0.2, -0.15) is 0 Å². The Bertz CT molecular complexity index is 364. The molecule has 0 spiro atoms. The zero-order valence-corrected chi connectivity index (χ0v) is 10.5. The molecule has 1 heterocycles. The fourth-order valence-corrected chi connectivity index (χ4v) is 1.63. The van der Waals surface area contributed by atoms with E-state index in [4.69, 9.17) is 9.47 Å². The maximum atomic E-state index is 5.60. The number of ether oxygens (including phenoxy) is 2. The summed E-state index contributed by atoms with van der Waals surface area (Å²) in [5.74, 6) is 1.58. The van der Waals surface area contributed by atoms with Crippen LogP contribution in [-0.4, -0.2) is 25.4 Å². The van der Waals surface area contributed by atoms with Crippen LogP contribution in [0.5, 0.6) is 5.75 Å². The van der Waals surface area contributed by atoms with E-state index in [0.29, 0.717) is 13.3 Å². The van der Waals surface area contributed by atoms with Crippen molar-refractivity contribution in [3.8, 4) is 5.75 Å². The van der Waals surface area contributed by atoms with Crippen LogP contribution in [-0.2, 0) is 11.3 Å². The molecule has 0 unspecified atom stereocenters. The maximum absolute atomic E-state index is 5.60. The van der Waals surface area contributed by atoms with Crippen molar-refractivity contribution in [1.29, 1.82) is 0 Å². The summed E-state index contributed by atoms with van der Waals surface area (Å²) < 4.78 is 11.1. The number of aryl methyl sites for hydroxylation is 1. The molecule has 0 aromatic carbocycles. The SMILES string of the molecule is CNCc1nc(C)ccc1OCOCC1CC1. The summed E-state index contributed by atoms with van der Waals surface area (Å²) in [6.45, 7) is 3.82. The summed E-state index contributed by atoms with van der Waals surface area (Å²) >= 11 is 0. The minimum absolute atomic E-state index is 0.317. The molecule has 94 valence electrons. The van der Waals surface area contributed by atoms with E-state index in [-0.39, 0.29) is 0 Å². The van der Waals surface area contributed by atoms with Gasteiger partial charge in [-0.05, 0) is 44.9 Å². The normalized spacial score (nSPS) is 14.9. The van der Waals surface area contributed by atoms with Crippen molar-refractivity contribution in [1.82, 2.24) is 10.3 Å². The lowest BCUT2D eigenvalue weighted by molar-refractivity contribution is 0.00916. The molecule has 4 heteroatoms. The average Bonchev–Trinajstić information content (AvgIpc) is 3.11. The molecule has 0 aliphatic heterocycles. The number of nitrogens with zero attached hydrogens (tertiary/aromatic N) is 1. The van der Waals surface area contributed by atoms with Crippen molar-refractivity contribution in [3.63, 3.8) is 0 Å². The predicted octanol–water partition coefficient (Wildman–Crippen LogP) is 1.87. The molecule has 1 aromatic heterocycles. The summed E-state index contributed by atoms with van der Waals surface area (Å²) in [5, 5.41) is 3.09. The molecule has 0 atom stereocenters. The molecule has 0 bridgehead atoms. The van der Waals surface area contributed by atoms with Crippen LogP contribution in [0.25, 0.3) is 0 Å². The lowest BCUT2D eigenvalue weighted by Gasteiger charge is -2.11. The highest BCUT2D eigenvalue weighted by Gasteiger charge is 2.21. The smallest absolute Gasteiger partial charge is 0.189 e. The minimum Gasteiger partial charge on any atom is -0.466 e. The van der Waals surface area contributed by atoms with E-state index in [1.54, 1.807) is 0 Å². The molecule has 1 fully saturated rings. The Hall–Kier alpha value is -1.13. The Kier molecular flexibility index (Phi) is 4.34. The average molecular weight is 236 g/mol. The summed E-state index contributed by atoms with van der Waals surface area (Å²) in [7, 11) is 1.90. The van der Waals surface area contributed by atoms with Crippen molar-refractivity contribution in [3.05, 3.63) is 23.5 Å². The van der Waals surface area contributed by atoms with Crippen LogP contribution in [0.3, 0.4) is 0 Å². The van der Waals surface area contributed by atoms with Crippen molar-refractivity contribution in [2.24, 2.45) is 5.92 Å². The summed E-state index contributed by atoms with van der Waals surface area (Å²) in [6.07, 6.45) is 2.61. The van der Waals surface area contributed by atoms with Crippen LogP contribution in [0.2, 0.25) is 0 Å². The van der Waals surface area contributed by atoms with E-state index in [2.05, 4.69) is 10.3 Å². The Balaban J connectivity index is 1.84. The summed E-state index contributed by atoms with van der Waals surface area (Å²) in [5.41, 5.74) is 1.93. The second-order valence-electron chi connectivity index (χ2n) is 4.50. The Labute approximate surface area is 102 Å². The van der Waals surface area contributed by atoms with Crippen molar-refractivity contribution in [2.75, 3.05) is 20.4 Å². The first-order chi connectivity index (χ1) is 8.29. The monoisotopic (exact) mass is 236 g/mol. The second-order valence-corrected chi connectivity index (χ2v) is 4.50. The molecule has 0 saturated heterocycles. The highest BCUT2D eigenvalue weighted by atomic mass is 16.7. The first-order valence-corrected chi connectivity index (χ1v) is 6.11. The van der Waals surface area contributed by atoms with Crippen LogP contribution in [0.1, 0.15) is 24.2 Å². The van der Waals surface area contributed by atoms with Gasteiger partial charge in [0.1, 0.15) is 5.75 Å². The zero-order valence-electron chi connectivity index (χ0n) is 10.5. The highest BCUT2D eigenvalue weighted by Crippen LogP contribution is 2.28. The molecule has 0 amide bonds. The molecular weight excluding hydrogens is 216 g/mol. The fourth-order valence-electron chi connectivity index (χ4n) is 1.63. The Morgan fingerprint density at radius 2 is 2.24 bits per heavy atom. The van der Waals surface area contributed by atoms with E-state index >= 15 is 0 Å². The van der Waals surface area contributed by atoms with E-state index in [9.17, 15) is 0 Å². The lowest BCUT2D eigenvalue weighted by Crippen LogP contribution is -2.12. The van der Waals surface area contributed by atoms with Crippen LogP contribution in [0, 0.1) is 12.8 Å². The number of hydrogen-bond acceptors (Lipinski definition) is 4. The zero-order chi connectivity index (χ0) is 12.1. The van der Waals surface area contributed by atoms with Gasteiger partial charge in [-0.1, -0.05) is 0 Å². The number of nitrogens with one attached hydrogen (secondary N) is 1. The predicted molar refractivity (Wildman–Crippen MR) is 65.9 cm³/mol. The van der Waals surface area contributed by atoms with Gasteiger partial charge in [-0.3, -0.25) is 4.98 Å². The highest BCUT2D eigenvalue weighted by molar-refractivity contribution is 5.29. The van der Waals surface area contributed by atoms with Crippen molar-refractivity contribution >= 4 is 0 Å². The lowest BCUT2D eigenvalue weighted by atomic mass is 10.3. The van der Waals surface area contributed by atoms with Crippen molar-refractivity contribution < 1.29 is 9.47 Å². The first-order valence-electron chi connectivity index (χ1n) is 6.11. The van der Waals surface area contributed by atoms with Gasteiger partial charge in [0.15, 0.2) is 6.79 Å². The molecule has 1 aliphatic rings. The third kappa shape index (κ3) is 3.98. The van der Waals surface area contributed by atoms with Crippen LogP contribution < -0.4 is 10.1 Å². The standard InChI is InChI=1S/C13H20N2O2/c1-10-3-6-13(12(15-10)7-14-2)17-9-16-8-11-4-5-11/h3,6,11,14H,4-5,7-9H2,1-2H3. The van der Waals surface area contributed by atoms with E-state index in [0.717, 1.165) is 29.7 Å². The molecule has 17 heavy (non-hydrogen) atoms. The maximum Gasteiger partial charge on any atom is 0.189 e. The van der Waals surface area contributed by atoms with Crippen LogP contribution in [0.15, 0.2) is 12.1 Å². The molecular formula is C13H20N2O2. The molecule has 1 aromatic rings. The van der Waals surface area contributed by atoms with Crippen LogP contribution >= 0.6 is 0 Å². The van der Waals surface area contributed by atoms with Gasteiger partial charge in [0, 0.05) is 12.2 Å². The number of pyridine rings is 1. The van der Waals surface area contributed by atoms with Gasteiger partial charge in [-0.25, -0.2) is 0 Å². The largest absolute Gasteiger partial charge is 0.466 e. The van der Waals surface area contributed by atoms with Crippen molar-refractivity contribution in [2.45, 2.75) is 26.3 Å². The minimum atomic E-state index is 0.317. The van der Waals surface area contributed by atoms with Gasteiger partial charge in [0.05, 0.1) is 12.3 Å². The van der Waals surface area contributed by atoms with Gasteiger partial charge in [-0.15, -0.1) is 0 Å². The Morgan fingerprint density at radius 1 is 1.41 bits per heavy atom. The number of rotatable bonds is 7. The topological polar surface area (TPSA) is 43.4 Å². The van der Waals surface area contributed by atoms with Gasteiger partial charge >= 0.3 is 0 Å². The molecule has 1 saturated carbocycles. The Morgan fingerprint density at radius 3 is 2.94 bits per heavy atom. The number of aromatic nitrogens is 1. The van der Waals surface area contributed by atoms with E-state index in [1.807, 2.05) is 26.1 Å². The third-order valence-corrected chi connectivity index (χ3v) is 2.76. The molecule has 2 rings (SSSR count). The number of hydrogen-bond donors (Lipinski definition) is 1. The second kappa shape index (κ2) is 5.98. The van der Waals surface area contributed by atoms with Crippen LogP contribution in [0.4, 0.5) is 0 Å². The van der Waals surface area contributed by atoms with Gasteiger partial charge in [0.25, 0.3) is 0 Å². The summed E-state index contributed by atoms with van der Waals surface area (Å²) in [6, 6.07) is 3.91. The van der Waals surface area contributed by atoms with E-state index < -0.39 is 0 Å². The molecule has 4 nitrogen and oxygen atoms in total. The first kappa shape index (κ1) is 12.3. The molecule has 1 aliphatic carbocycles. The van der Waals surface area contributed by atoms with E-state index in [1.165, 1.54) is 12.8 Å². The fraction of sp³-hybridized carbons (Fsp3) is 0.615. The van der Waals surface area contributed by atoms with Gasteiger partial charge in [0.2, 0.25) is 0 Å².